The summed E-state index contributed by atoms with van der Waals surface area (Å²) in [7, 11) is 1.95. The first-order valence-corrected chi connectivity index (χ1v) is 4.73. The SMILES string of the molecule is C[n+]1ccn(Cc2cc(N)ccc2O)c1. The molecule has 2 aromatic rings. The molecule has 0 spiro atoms. The summed E-state index contributed by atoms with van der Waals surface area (Å²) in [6, 6.07) is 5.10. The fourth-order valence-electron chi connectivity index (χ4n) is 1.52. The molecule has 1 heterocycles. The maximum Gasteiger partial charge on any atom is 0.243 e. The minimum absolute atomic E-state index is 0.278. The number of nitrogens with two attached hydrogens (primary N) is 1. The van der Waals surface area contributed by atoms with Gasteiger partial charge in [-0.05, 0) is 18.2 Å². The minimum Gasteiger partial charge on any atom is -0.508 e. The number of anilines is 1. The van der Waals surface area contributed by atoms with E-state index in [1.54, 1.807) is 18.2 Å². The van der Waals surface area contributed by atoms with Crippen molar-refractivity contribution >= 4 is 5.69 Å². The second-order valence-corrected chi connectivity index (χ2v) is 3.64. The molecule has 0 unspecified atom stereocenters. The molecule has 0 amide bonds. The van der Waals surface area contributed by atoms with Gasteiger partial charge in [-0.3, -0.25) is 0 Å². The second kappa shape index (κ2) is 3.65. The van der Waals surface area contributed by atoms with Crippen molar-refractivity contribution in [1.29, 1.82) is 0 Å². The summed E-state index contributed by atoms with van der Waals surface area (Å²) in [5.74, 6) is 0.278. The molecule has 78 valence electrons. The molecule has 1 aromatic carbocycles. The van der Waals surface area contributed by atoms with Gasteiger partial charge in [-0.2, -0.15) is 0 Å². The zero-order valence-electron chi connectivity index (χ0n) is 8.59. The average molecular weight is 204 g/mol. The number of nitrogens with zero attached hydrogens (tertiary/aromatic N) is 2. The standard InChI is InChI=1S/C11H13N3O/c1-13-4-5-14(8-13)7-9-6-10(12)2-3-11(9)15/h2-6,8H,7,12H2,1H3/p+1. The van der Waals surface area contributed by atoms with Crippen molar-refractivity contribution < 1.29 is 9.67 Å². The van der Waals surface area contributed by atoms with Gasteiger partial charge in [0, 0.05) is 11.3 Å². The van der Waals surface area contributed by atoms with Crippen LogP contribution >= 0.6 is 0 Å². The largest absolute Gasteiger partial charge is 0.508 e. The van der Waals surface area contributed by atoms with E-state index in [0.29, 0.717) is 12.2 Å². The topological polar surface area (TPSA) is 55.1 Å². The number of aromatic nitrogens is 2. The zero-order valence-corrected chi connectivity index (χ0v) is 8.59. The van der Waals surface area contributed by atoms with Crippen LogP contribution in [-0.4, -0.2) is 9.67 Å². The Bertz CT molecular complexity index is 476. The van der Waals surface area contributed by atoms with Crippen molar-refractivity contribution in [3.8, 4) is 5.75 Å². The van der Waals surface area contributed by atoms with E-state index in [1.165, 1.54) is 0 Å². The normalized spacial score (nSPS) is 10.5. The van der Waals surface area contributed by atoms with Crippen LogP contribution in [0.3, 0.4) is 0 Å². The van der Waals surface area contributed by atoms with Gasteiger partial charge in [0.2, 0.25) is 6.33 Å². The first-order chi connectivity index (χ1) is 7.15. The van der Waals surface area contributed by atoms with E-state index < -0.39 is 0 Å². The van der Waals surface area contributed by atoms with E-state index in [1.807, 2.05) is 34.9 Å². The molecule has 4 heteroatoms. The molecule has 0 saturated heterocycles. The van der Waals surface area contributed by atoms with Crippen molar-refractivity contribution in [2.45, 2.75) is 6.54 Å². The van der Waals surface area contributed by atoms with Gasteiger partial charge >= 0.3 is 0 Å². The zero-order chi connectivity index (χ0) is 10.8. The Hall–Kier alpha value is -1.97. The highest BCUT2D eigenvalue weighted by Gasteiger charge is 2.06. The molecule has 4 nitrogen and oxygen atoms in total. The molecule has 15 heavy (non-hydrogen) atoms. The van der Waals surface area contributed by atoms with Crippen LogP contribution in [0.2, 0.25) is 0 Å². The molecule has 2 rings (SSSR count). The third kappa shape index (κ3) is 2.10. The molecular weight excluding hydrogens is 190 g/mol. The summed E-state index contributed by atoms with van der Waals surface area (Å²) in [6.45, 7) is 0.623. The molecule has 0 saturated carbocycles. The van der Waals surface area contributed by atoms with Crippen molar-refractivity contribution in [1.82, 2.24) is 4.57 Å². The van der Waals surface area contributed by atoms with Crippen molar-refractivity contribution in [2.24, 2.45) is 7.05 Å². The Balaban J connectivity index is 2.27. The first-order valence-electron chi connectivity index (χ1n) is 4.73. The first kappa shape index (κ1) is 9.58. The average Bonchev–Trinajstić information content (AvgIpc) is 2.58. The van der Waals surface area contributed by atoms with Crippen LogP contribution in [0.5, 0.6) is 5.75 Å². The summed E-state index contributed by atoms with van der Waals surface area (Å²) < 4.78 is 3.93. The third-order valence-electron chi connectivity index (χ3n) is 2.28. The van der Waals surface area contributed by atoms with E-state index in [2.05, 4.69) is 0 Å². The number of imidazole rings is 1. The number of benzene rings is 1. The van der Waals surface area contributed by atoms with Crippen molar-refractivity contribution in [3.05, 3.63) is 42.5 Å². The van der Waals surface area contributed by atoms with E-state index in [4.69, 9.17) is 5.73 Å². The highest BCUT2D eigenvalue weighted by atomic mass is 16.3. The van der Waals surface area contributed by atoms with Crippen LogP contribution in [0, 0.1) is 0 Å². The Labute approximate surface area is 88.2 Å². The van der Waals surface area contributed by atoms with Crippen LogP contribution < -0.4 is 10.3 Å². The number of aromatic hydroxyl groups is 1. The van der Waals surface area contributed by atoms with Gasteiger partial charge in [0.1, 0.15) is 24.7 Å². The van der Waals surface area contributed by atoms with Gasteiger partial charge in [0.25, 0.3) is 0 Å². The number of hydrogen-bond acceptors (Lipinski definition) is 2. The molecular formula is C11H14N3O+. The van der Waals surface area contributed by atoms with E-state index >= 15 is 0 Å². The van der Waals surface area contributed by atoms with Gasteiger partial charge in [0.15, 0.2) is 0 Å². The predicted octanol–water partition coefficient (Wildman–Crippen LogP) is 0.649. The molecule has 3 N–H and O–H groups in total. The van der Waals surface area contributed by atoms with Crippen molar-refractivity contribution in [3.63, 3.8) is 0 Å². The Kier molecular flexibility index (Phi) is 2.33. The molecule has 0 aliphatic rings. The van der Waals surface area contributed by atoms with E-state index in [0.717, 1.165) is 5.56 Å². The number of phenolic OH excluding ortho intramolecular Hbond substituents is 1. The van der Waals surface area contributed by atoms with Crippen LogP contribution in [-0.2, 0) is 13.6 Å². The number of phenols is 1. The van der Waals surface area contributed by atoms with Gasteiger partial charge in [-0.1, -0.05) is 0 Å². The summed E-state index contributed by atoms with van der Waals surface area (Å²) in [5.41, 5.74) is 7.15. The Morgan fingerprint density at radius 3 is 2.93 bits per heavy atom. The van der Waals surface area contributed by atoms with Crippen molar-refractivity contribution in [2.75, 3.05) is 5.73 Å². The maximum absolute atomic E-state index is 9.63. The molecule has 0 atom stereocenters. The van der Waals surface area contributed by atoms with Gasteiger partial charge in [0.05, 0.1) is 7.05 Å². The Morgan fingerprint density at radius 1 is 1.47 bits per heavy atom. The number of nitrogen functional groups attached to an aromatic ring is 1. The van der Waals surface area contributed by atoms with E-state index in [-0.39, 0.29) is 5.75 Å². The highest BCUT2D eigenvalue weighted by molar-refractivity contribution is 5.47. The maximum atomic E-state index is 9.63. The lowest BCUT2D eigenvalue weighted by Crippen LogP contribution is -2.23. The predicted molar refractivity (Wildman–Crippen MR) is 57.2 cm³/mol. The van der Waals surface area contributed by atoms with Crippen LogP contribution in [0.4, 0.5) is 5.69 Å². The molecule has 0 fully saturated rings. The molecule has 0 radical (unpaired) electrons. The number of aryl methyl sites for hydroxylation is 1. The second-order valence-electron chi connectivity index (χ2n) is 3.64. The minimum atomic E-state index is 0.278. The smallest absolute Gasteiger partial charge is 0.243 e. The van der Waals surface area contributed by atoms with Crippen LogP contribution in [0.1, 0.15) is 5.56 Å². The number of hydrogen-bond donors (Lipinski definition) is 2. The lowest BCUT2D eigenvalue weighted by atomic mass is 10.2. The van der Waals surface area contributed by atoms with E-state index in [9.17, 15) is 5.11 Å². The summed E-state index contributed by atoms with van der Waals surface area (Å²) in [4.78, 5) is 0. The van der Waals surface area contributed by atoms with Gasteiger partial charge in [-0.15, -0.1) is 0 Å². The van der Waals surface area contributed by atoms with Gasteiger partial charge < -0.3 is 10.8 Å². The molecule has 0 bridgehead atoms. The number of rotatable bonds is 2. The fourth-order valence-corrected chi connectivity index (χ4v) is 1.52. The van der Waals surface area contributed by atoms with Crippen LogP contribution in [0.25, 0.3) is 0 Å². The molecule has 0 aliphatic heterocycles. The monoisotopic (exact) mass is 204 g/mol. The fraction of sp³-hybridized carbons (Fsp3) is 0.182. The molecule has 1 aromatic heterocycles. The van der Waals surface area contributed by atoms with Gasteiger partial charge in [-0.25, -0.2) is 9.13 Å². The highest BCUT2D eigenvalue weighted by Crippen LogP contribution is 2.20. The van der Waals surface area contributed by atoms with Crippen LogP contribution in [0.15, 0.2) is 36.9 Å². The molecule has 0 aliphatic carbocycles. The summed E-state index contributed by atoms with van der Waals surface area (Å²) in [5, 5.41) is 9.63. The third-order valence-corrected chi connectivity index (χ3v) is 2.28. The Morgan fingerprint density at radius 2 is 2.27 bits per heavy atom. The summed E-state index contributed by atoms with van der Waals surface area (Å²) >= 11 is 0. The lowest BCUT2D eigenvalue weighted by Gasteiger charge is -2.02. The lowest BCUT2D eigenvalue weighted by molar-refractivity contribution is -0.671. The summed E-state index contributed by atoms with van der Waals surface area (Å²) in [6.07, 6.45) is 5.84. The quantitative estimate of drug-likeness (QED) is 0.428.